The minimum absolute atomic E-state index is 0.0845. The van der Waals surface area contributed by atoms with Gasteiger partial charge in [-0.15, -0.1) is 10.2 Å². The molecule has 0 saturated carbocycles. The minimum Gasteiger partial charge on any atom is -0.329 e. The summed E-state index contributed by atoms with van der Waals surface area (Å²) < 4.78 is 2.07. The van der Waals surface area contributed by atoms with Crippen LogP contribution < -0.4 is 0 Å². The second kappa shape index (κ2) is 4.86. The number of amides is 1. The van der Waals surface area contributed by atoms with Crippen LogP contribution in [0.3, 0.4) is 0 Å². The number of carbonyl (C=O) groups excluding carboxylic acids is 1. The molecular weight excluding hydrogens is 278 g/mol. The van der Waals surface area contributed by atoms with Gasteiger partial charge in [0.1, 0.15) is 5.82 Å². The maximum atomic E-state index is 12.5. The second-order valence-corrected chi connectivity index (χ2v) is 5.40. The van der Waals surface area contributed by atoms with Gasteiger partial charge in [0.2, 0.25) is 0 Å². The van der Waals surface area contributed by atoms with Crippen molar-refractivity contribution < 1.29 is 4.79 Å². The molecule has 1 amide bonds. The maximum Gasteiger partial charge on any atom is 0.255 e. The number of nitrogens with zero attached hydrogens (tertiary/aromatic N) is 5. The van der Waals surface area contributed by atoms with E-state index >= 15 is 0 Å². The van der Waals surface area contributed by atoms with Crippen LogP contribution in [0.4, 0.5) is 0 Å². The summed E-state index contributed by atoms with van der Waals surface area (Å²) in [6.45, 7) is 5.05. The standard InChI is InChI=1S/C13H14ClN5O/c1-8-6-18(7-12-17-16-9(2)19(8)12)13(20)10-3-11(14)5-15-4-10/h3-5,8H,6-7H2,1-2H3. The van der Waals surface area contributed by atoms with Crippen molar-refractivity contribution in [1.29, 1.82) is 0 Å². The molecule has 20 heavy (non-hydrogen) atoms. The second-order valence-electron chi connectivity index (χ2n) is 4.96. The molecule has 3 heterocycles. The third kappa shape index (κ3) is 2.16. The van der Waals surface area contributed by atoms with E-state index < -0.39 is 0 Å². The largest absolute Gasteiger partial charge is 0.329 e. The van der Waals surface area contributed by atoms with Gasteiger partial charge in [-0.3, -0.25) is 9.78 Å². The van der Waals surface area contributed by atoms with E-state index in [1.807, 2.05) is 6.92 Å². The molecule has 0 aliphatic carbocycles. The zero-order valence-electron chi connectivity index (χ0n) is 11.2. The molecule has 1 unspecified atom stereocenters. The van der Waals surface area contributed by atoms with Gasteiger partial charge in [0.25, 0.3) is 5.91 Å². The van der Waals surface area contributed by atoms with Crippen molar-refractivity contribution in [3.8, 4) is 0 Å². The first kappa shape index (κ1) is 13.1. The van der Waals surface area contributed by atoms with Crippen LogP contribution in [0.5, 0.6) is 0 Å². The first-order chi connectivity index (χ1) is 9.56. The highest BCUT2D eigenvalue weighted by Gasteiger charge is 2.28. The highest BCUT2D eigenvalue weighted by molar-refractivity contribution is 6.30. The molecule has 3 rings (SSSR count). The molecule has 6 nitrogen and oxygen atoms in total. The number of carbonyl (C=O) groups is 1. The Hall–Kier alpha value is -1.95. The molecule has 0 saturated heterocycles. The van der Waals surface area contributed by atoms with Gasteiger partial charge >= 0.3 is 0 Å². The van der Waals surface area contributed by atoms with E-state index in [0.717, 1.165) is 11.6 Å². The fourth-order valence-electron chi connectivity index (χ4n) is 2.60. The van der Waals surface area contributed by atoms with Gasteiger partial charge in [-0.25, -0.2) is 0 Å². The molecule has 1 atom stereocenters. The first-order valence-electron chi connectivity index (χ1n) is 6.36. The number of rotatable bonds is 1. The number of hydrogen-bond acceptors (Lipinski definition) is 4. The van der Waals surface area contributed by atoms with Crippen molar-refractivity contribution in [2.24, 2.45) is 0 Å². The van der Waals surface area contributed by atoms with Crippen LogP contribution in [0.25, 0.3) is 0 Å². The van der Waals surface area contributed by atoms with Gasteiger partial charge in [-0.1, -0.05) is 11.6 Å². The predicted octanol–water partition coefficient (Wildman–Crippen LogP) is 1.85. The zero-order chi connectivity index (χ0) is 14.3. The van der Waals surface area contributed by atoms with Crippen LogP contribution >= 0.6 is 11.6 Å². The quantitative estimate of drug-likeness (QED) is 0.804. The Morgan fingerprint density at radius 3 is 2.95 bits per heavy atom. The van der Waals surface area contributed by atoms with Crippen LogP contribution in [0.2, 0.25) is 5.02 Å². The Bertz CT molecular complexity index is 669. The van der Waals surface area contributed by atoms with E-state index in [-0.39, 0.29) is 11.9 Å². The summed E-state index contributed by atoms with van der Waals surface area (Å²) in [5.74, 6) is 1.60. The molecule has 0 bridgehead atoms. The Balaban J connectivity index is 1.88. The van der Waals surface area contributed by atoms with Crippen LogP contribution in [-0.4, -0.2) is 37.1 Å². The lowest BCUT2D eigenvalue weighted by Gasteiger charge is -2.32. The molecule has 0 radical (unpaired) electrons. The lowest BCUT2D eigenvalue weighted by Crippen LogP contribution is -2.40. The number of aryl methyl sites for hydroxylation is 1. The van der Waals surface area contributed by atoms with E-state index in [1.165, 1.54) is 12.4 Å². The van der Waals surface area contributed by atoms with Crippen molar-refractivity contribution in [3.63, 3.8) is 0 Å². The van der Waals surface area contributed by atoms with Gasteiger partial charge in [-0.2, -0.15) is 0 Å². The number of pyridine rings is 1. The van der Waals surface area contributed by atoms with E-state index in [0.29, 0.717) is 23.7 Å². The van der Waals surface area contributed by atoms with Gasteiger partial charge in [0, 0.05) is 18.9 Å². The summed E-state index contributed by atoms with van der Waals surface area (Å²) in [4.78, 5) is 18.2. The lowest BCUT2D eigenvalue weighted by molar-refractivity contribution is 0.0679. The summed E-state index contributed by atoms with van der Waals surface area (Å²) >= 11 is 5.88. The lowest BCUT2D eigenvalue weighted by atomic mass is 10.2. The van der Waals surface area contributed by atoms with Crippen molar-refractivity contribution in [2.75, 3.05) is 6.54 Å². The number of aromatic nitrogens is 4. The van der Waals surface area contributed by atoms with Gasteiger partial charge in [0.05, 0.1) is 23.2 Å². The SMILES string of the molecule is Cc1nnc2n1C(C)CN(C(=O)c1cncc(Cl)c1)C2. The fourth-order valence-corrected chi connectivity index (χ4v) is 2.77. The van der Waals surface area contributed by atoms with Gasteiger partial charge in [0.15, 0.2) is 5.82 Å². The van der Waals surface area contributed by atoms with E-state index in [4.69, 9.17) is 11.6 Å². The van der Waals surface area contributed by atoms with Crippen LogP contribution in [-0.2, 0) is 6.54 Å². The maximum absolute atomic E-state index is 12.5. The van der Waals surface area contributed by atoms with Crippen molar-refractivity contribution in [3.05, 3.63) is 40.7 Å². The van der Waals surface area contributed by atoms with Crippen LogP contribution in [0.1, 0.15) is 35.0 Å². The summed E-state index contributed by atoms with van der Waals surface area (Å²) in [5, 5.41) is 8.66. The average Bonchev–Trinajstić information content (AvgIpc) is 2.80. The summed E-state index contributed by atoms with van der Waals surface area (Å²) in [6, 6.07) is 1.79. The van der Waals surface area contributed by atoms with Gasteiger partial charge in [-0.05, 0) is 19.9 Å². The van der Waals surface area contributed by atoms with Crippen LogP contribution in [0, 0.1) is 6.92 Å². The average molecular weight is 292 g/mol. The normalized spacial score (nSPS) is 17.9. The van der Waals surface area contributed by atoms with E-state index in [9.17, 15) is 4.79 Å². The van der Waals surface area contributed by atoms with E-state index in [2.05, 4.69) is 26.7 Å². The third-order valence-electron chi connectivity index (χ3n) is 3.43. The number of fused-ring (bicyclic) bond motifs is 1. The zero-order valence-corrected chi connectivity index (χ0v) is 12.0. The predicted molar refractivity (Wildman–Crippen MR) is 73.5 cm³/mol. The molecule has 0 aromatic carbocycles. The Morgan fingerprint density at radius 2 is 2.20 bits per heavy atom. The third-order valence-corrected chi connectivity index (χ3v) is 3.64. The molecule has 7 heteroatoms. The smallest absolute Gasteiger partial charge is 0.255 e. The highest BCUT2D eigenvalue weighted by Crippen LogP contribution is 2.22. The summed E-state index contributed by atoms with van der Waals surface area (Å²) in [6.07, 6.45) is 3.04. The molecule has 1 aliphatic rings. The molecule has 2 aromatic heterocycles. The Kier molecular flexibility index (Phi) is 3.17. The van der Waals surface area contributed by atoms with Crippen molar-refractivity contribution in [1.82, 2.24) is 24.6 Å². The topological polar surface area (TPSA) is 63.9 Å². The molecule has 2 aromatic rings. The fraction of sp³-hybridized carbons (Fsp3) is 0.385. The monoisotopic (exact) mass is 291 g/mol. The van der Waals surface area contributed by atoms with Crippen molar-refractivity contribution in [2.45, 2.75) is 26.4 Å². The Labute approximate surface area is 121 Å². The van der Waals surface area contributed by atoms with Gasteiger partial charge < -0.3 is 9.47 Å². The van der Waals surface area contributed by atoms with E-state index in [1.54, 1.807) is 11.0 Å². The van der Waals surface area contributed by atoms with Crippen LogP contribution in [0.15, 0.2) is 18.5 Å². The number of halogens is 1. The number of hydrogen-bond donors (Lipinski definition) is 0. The Morgan fingerprint density at radius 1 is 1.40 bits per heavy atom. The summed E-state index contributed by atoms with van der Waals surface area (Å²) in [5.41, 5.74) is 0.495. The molecule has 0 spiro atoms. The first-order valence-corrected chi connectivity index (χ1v) is 6.74. The molecular formula is C13H14ClN5O. The van der Waals surface area contributed by atoms with Crippen molar-refractivity contribution >= 4 is 17.5 Å². The summed E-state index contributed by atoms with van der Waals surface area (Å²) in [7, 11) is 0. The minimum atomic E-state index is -0.0845. The molecule has 0 fully saturated rings. The molecule has 1 aliphatic heterocycles. The molecule has 0 N–H and O–H groups in total. The highest BCUT2D eigenvalue weighted by atomic mass is 35.5. The molecule has 104 valence electrons.